The standard InChI is InChI=1S/C12H14N4O2/c1-7-4-5-9(10(6-7)13-3)11(17)15-12-14-8(2)16-18-12/h4-6,13H,1-3H3,(H,14,15,16,17). The molecule has 0 atom stereocenters. The lowest BCUT2D eigenvalue weighted by molar-refractivity contribution is 0.102. The number of rotatable bonds is 3. The smallest absolute Gasteiger partial charge is 0.328 e. The van der Waals surface area contributed by atoms with Crippen LogP contribution >= 0.6 is 0 Å². The summed E-state index contributed by atoms with van der Waals surface area (Å²) in [5.41, 5.74) is 2.35. The maximum atomic E-state index is 12.0. The Bertz CT molecular complexity index is 577. The van der Waals surface area contributed by atoms with E-state index in [-0.39, 0.29) is 11.9 Å². The van der Waals surface area contributed by atoms with Gasteiger partial charge in [-0.15, -0.1) is 0 Å². The molecule has 94 valence electrons. The first-order chi connectivity index (χ1) is 8.60. The zero-order chi connectivity index (χ0) is 13.1. The Morgan fingerprint density at radius 2 is 2.11 bits per heavy atom. The average Bonchev–Trinajstić information content (AvgIpc) is 2.74. The molecule has 6 nitrogen and oxygen atoms in total. The number of benzene rings is 1. The first-order valence-electron chi connectivity index (χ1n) is 5.50. The second-order valence-corrected chi connectivity index (χ2v) is 3.90. The minimum absolute atomic E-state index is 0.0973. The van der Waals surface area contributed by atoms with Gasteiger partial charge < -0.3 is 9.84 Å². The van der Waals surface area contributed by atoms with Gasteiger partial charge in [-0.05, 0) is 31.5 Å². The Labute approximate surface area is 104 Å². The van der Waals surface area contributed by atoms with Gasteiger partial charge in [0.1, 0.15) is 0 Å². The van der Waals surface area contributed by atoms with Crippen LogP contribution in [0.15, 0.2) is 22.7 Å². The van der Waals surface area contributed by atoms with Crippen LogP contribution in [0.2, 0.25) is 0 Å². The van der Waals surface area contributed by atoms with Gasteiger partial charge in [-0.3, -0.25) is 10.1 Å². The highest BCUT2D eigenvalue weighted by molar-refractivity contribution is 6.07. The van der Waals surface area contributed by atoms with E-state index in [1.54, 1.807) is 20.0 Å². The summed E-state index contributed by atoms with van der Waals surface area (Å²) >= 11 is 0. The van der Waals surface area contributed by atoms with Crippen molar-refractivity contribution in [3.8, 4) is 0 Å². The molecule has 0 bridgehead atoms. The average molecular weight is 246 g/mol. The van der Waals surface area contributed by atoms with Gasteiger partial charge in [0.25, 0.3) is 5.91 Å². The topological polar surface area (TPSA) is 80.0 Å². The van der Waals surface area contributed by atoms with Crippen LogP contribution in [-0.2, 0) is 0 Å². The van der Waals surface area contributed by atoms with Gasteiger partial charge in [-0.25, -0.2) is 0 Å². The highest BCUT2D eigenvalue weighted by Crippen LogP contribution is 2.18. The summed E-state index contributed by atoms with van der Waals surface area (Å²) in [5.74, 6) is 0.186. The zero-order valence-electron chi connectivity index (χ0n) is 10.4. The van der Waals surface area contributed by atoms with Gasteiger partial charge in [0.15, 0.2) is 5.82 Å². The van der Waals surface area contributed by atoms with Crippen LogP contribution in [0.4, 0.5) is 11.7 Å². The summed E-state index contributed by atoms with van der Waals surface area (Å²) < 4.78 is 4.84. The third-order valence-corrected chi connectivity index (χ3v) is 2.44. The molecule has 0 aliphatic rings. The Hall–Kier alpha value is -2.37. The number of aromatic nitrogens is 2. The Morgan fingerprint density at radius 3 is 2.72 bits per heavy atom. The van der Waals surface area contributed by atoms with Crippen molar-refractivity contribution in [2.45, 2.75) is 13.8 Å². The molecular weight excluding hydrogens is 232 g/mol. The van der Waals surface area contributed by atoms with Crippen molar-refractivity contribution in [3.63, 3.8) is 0 Å². The third-order valence-electron chi connectivity index (χ3n) is 2.44. The summed E-state index contributed by atoms with van der Waals surface area (Å²) in [5, 5.41) is 9.14. The van der Waals surface area contributed by atoms with Crippen molar-refractivity contribution in [2.75, 3.05) is 17.7 Å². The molecule has 1 heterocycles. The van der Waals surface area contributed by atoms with Crippen molar-refractivity contribution in [1.29, 1.82) is 0 Å². The molecule has 1 amide bonds. The van der Waals surface area contributed by atoms with E-state index in [4.69, 9.17) is 4.52 Å². The van der Waals surface area contributed by atoms with Crippen LogP contribution in [0, 0.1) is 13.8 Å². The first-order valence-corrected chi connectivity index (χ1v) is 5.50. The number of nitrogens with zero attached hydrogens (tertiary/aromatic N) is 2. The number of carbonyl (C=O) groups excluding carboxylic acids is 1. The first kappa shape index (κ1) is 12.1. The quantitative estimate of drug-likeness (QED) is 0.865. The maximum Gasteiger partial charge on any atom is 0.328 e. The number of carbonyl (C=O) groups is 1. The number of anilines is 2. The lowest BCUT2D eigenvalue weighted by Crippen LogP contribution is -2.14. The van der Waals surface area contributed by atoms with Gasteiger partial charge in [0.2, 0.25) is 0 Å². The van der Waals surface area contributed by atoms with Crippen LogP contribution in [0.3, 0.4) is 0 Å². The number of amides is 1. The van der Waals surface area contributed by atoms with E-state index < -0.39 is 0 Å². The van der Waals surface area contributed by atoms with Gasteiger partial charge >= 0.3 is 6.01 Å². The molecule has 0 saturated carbocycles. The van der Waals surface area contributed by atoms with Gasteiger partial charge in [-0.2, -0.15) is 4.98 Å². The predicted molar refractivity (Wildman–Crippen MR) is 67.7 cm³/mol. The van der Waals surface area contributed by atoms with Crippen LogP contribution < -0.4 is 10.6 Å². The minimum atomic E-state index is -0.289. The van der Waals surface area contributed by atoms with Crippen molar-refractivity contribution < 1.29 is 9.32 Å². The van der Waals surface area contributed by atoms with Crippen LogP contribution in [0.25, 0.3) is 0 Å². The monoisotopic (exact) mass is 246 g/mol. The molecule has 0 aliphatic heterocycles. The summed E-state index contributed by atoms with van der Waals surface area (Å²) in [6.45, 7) is 3.65. The molecule has 0 fully saturated rings. The fourth-order valence-corrected chi connectivity index (χ4v) is 1.58. The Morgan fingerprint density at radius 1 is 1.33 bits per heavy atom. The molecule has 2 aromatic rings. The van der Waals surface area contributed by atoms with E-state index in [2.05, 4.69) is 20.8 Å². The SMILES string of the molecule is CNc1cc(C)ccc1C(=O)Nc1nc(C)no1. The normalized spacial score (nSPS) is 10.2. The fourth-order valence-electron chi connectivity index (χ4n) is 1.58. The van der Waals surface area contributed by atoms with Gasteiger partial charge in [-0.1, -0.05) is 11.2 Å². The highest BCUT2D eigenvalue weighted by Gasteiger charge is 2.13. The Balaban J connectivity index is 2.23. The maximum absolute atomic E-state index is 12.0. The highest BCUT2D eigenvalue weighted by atomic mass is 16.5. The molecule has 6 heteroatoms. The number of hydrogen-bond donors (Lipinski definition) is 2. The van der Waals surface area contributed by atoms with Crippen molar-refractivity contribution in [2.24, 2.45) is 0 Å². The second kappa shape index (κ2) is 4.87. The predicted octanol–water partition coefficient (Wildman–Crippen LogP) is 1.98. The summed E-state index contributed by atoms with van der Waals surface area (Å²) in [4.78, 5) is 16.0. The van der Waals surface area contributed by atoms with Crippen LogP contribution in [0.1, 0.15) is 21.7 Å². The van der Waals surface area contributed by atoms with E-state index >= 15 is 0 Å². The zero-order valence-corrected chi connectivity index (χ0v) is 10.4. The molecule has 0 unspecified atom stereocenters. The van der Waals surface area contributed by atoms with E-state index in [9.17, 15) is 4.79 Å². The van der Waals surface area contributed by atoms with Crippen molar-refractivity contribution in [3.05, 3.63) is 35.2 Å². The van der Waals surface area contributed by atoms with Crippen LogP contribution in [-0.4, -0.2) is 23.1 Å². The molecule has 2 N–H and O–H groups in total. The molecule has 1 aromatic heterocycles. The third kappa shape index (κ3) is 2.48. The van der Waals surface area contributed by atoms with E-state index in [1.165, 1.54) is 0 Å². The lowest BCUT2D eigenvalue weighted by Gasteiger charge is -2.08. The van der Waals surface area contributed by atoms with Gasteiger partial charge in [0.05, 0.1) is 5.56 Å². The summed E-state index contributed by atoms with van der Waals surface area (Å²) in [7, 11) is 1.77. The molecule has 0 saturated heterocycles. The molecule has 18 heavy (non-hydrogen) atoms. The number of nitrogens with one attached hydrogen (secondary N) is 2. The molecule has 0 spiro atoms. The molecule has 0 radical (unpaired) electrons. The summed E-state index contributed by atoms with van der Waals surface area (Å²) in [6.07, 6.45) is 0. The molecule has 0 aliphatic carbocycles. The largest absolute Gasteiger partial charge is 0.387 e. The van der Waals surface area contributed by atoms with E-state index in [0.717, 1.165) is 11.3 Å². The van der Waals surface area contributed by atoms with Crippen molar-refractivity contribution >= 4 is 17.6 Å². The summed E-state index contributed by atoms with van der Waals surface area (Å²) in [6, 6.07) is 5.61. The van der Waals surface area contributed by atoms with Gasteiger partial charge in [0, 0.05) is 12.7 Å². The molecule has 1 aromatic carbocycles. The lowest BCUT2D eigenvalue weighted by atomic mass is 10.1. The van der Waals surface area contributed by atoms with Crippen molar-refractivity contribution in [1.82, 2.24) is 10.1 Å². The number of aryl methyl sites for hydroxylation is 2. The van der Waals surface area contributed by atoms with E-state index in [1.807, 2.05) is 19.1 Å². The fraction of sp³-hybridized carbons (Fsp3) is 0.250. The van der Waals surface area contributed by atoms with Crippen LogP contribution in [0.5, 0.6) is 0 Å². The molecule has 2 rings (SSSR count). The second-order valence-electron chi connectivity index (χ2n) is 3.90. The minimum Gasteiger partial charge on any atom is -0.387 e. The molecular formula is C12H14N4O2. The number of hydrogen-bond acceptors (Lipinski definition) is 5. The van der Waals surface area contributed by atoms with E-state index in [0.29, 0.717) is 11.4 Å². The Kier molecular flexibility index (Phi) is 3.27.